The molecule has 0 spiro atoms. The lowest BCUT2D eigenvalue weighted by Crippen LogP contribution is -2.17. The van der Waals surface area contributed by atoms with Gasteiger partial charge in [-0.1, -0.05) is 48.5 Å². The first kappa shape index (κ1) is 15.2. The molecule has 4 rings (SSSR count). The van der Waals surface area contributed by atoms with Crippen molar-refractivity contribution in [3.05, 3.63) is 95.4 Å². The van der Waals surface area contributed by atoms with E-state index < -0.39 is 0 Å². The van der Waals surface area contributed by atoms with Crippen LogP contribution in [0.25, 0.3) is 11.0 Å². The summed E-state index contributed by atoms with van der Waals surface area (Å²) >= 11 is 2.89. The van der Waals surface area contributed by atoms with E-state index in [-0.39, 0.29) is 5.69 Å². The molecule has 0 fully saturated rings. The van der Waals surface area contributed by atoms with Gasteiger partial charge in [0.15, 0.2) is 0 Å². The van der Waals surface area contributed by atoms with Crippen LogP contribution < -0.4 is 5.69 Å². The number of rotatable bonds is 4. The van der Waals surface area contributed by atoms with Gasteiger partial charge in [0.05, 0.1) is 11.0 Å². The van der Waals surface area contributed by atoms with E-state index in [1.54, 1.807) is 7.94 Å². The molecule has 3 aromatic carbocycles. The first-order valence-electron chi connectivity index (χ1n) is 7.52. The minimum Gasteiger partial charge on any atom is -0.246 e. The van der Waals surface area contributed by atoms with Crippen molar-refractivity contribution < 1.29 is 0 Å². The Hall–Kier alpha value is -2.37. The standard InChI is InChI=1S/C19H14N2OS2/c22-19-20(23-15-9-3-1-4-10-15)17-13-7-8-14-18(17)21(19)24-16-11-5-2-6-12-16/h1-14H. The highest BCUT2D eigenvalue weighted by Crippen LogP contribution is 2.28. The van der Waals surface area contributed by atoms with Crippen molar-refractivity contribution >= 4 is 34.9 Å². The number of para-hydroxylation sites is 2. The van der Waals surface area contributed by atoms with Crippen LogP contribution in [0.4, 0.5) is 0 Å². The Balaban J connectivity index is 1.83. The zero-order valence-corrected chi connectivity index (χ0v) is 14.3. The minimum atomic E-state index is -0.0427. The summed E-state index contributed by atoms with van der Waals surface area (Å²) in [6.45, 7) is 0. The number of imidazole rings is 1. The number of hydrogen-bond donors (Lipinski definition) is 0. The van der Waals surface area contributed by atoms with Gasteiger partial charge in [-0.2, -0.15) is 0 Å². The van der Waals surface area contributed by atoms with Gasteiger partial charge >= 0.3 is 5.69 Å². The van der Waals surface area contributed by atoms with E-state index in [2.05, 4.69) is 0 Å². The van der Waals surface area contributed by atoms with Crippen molar-refractivity contribution in [2.45, 2.75) is 9.79 Å². The van der Waals surface area contributed by atoms with Crippen molar-refractivity contribution in [3.8, 4) is 0 Å². The highest BCUT2D eigenvalue weighted by Gasteiger charge is 2.15. The second-order valence-electron chi connectivity index (χ2n) is 5.17. The van der Waals surface area contributed by atoms with Crippen molar-refractivity contribution in [3.63, 3.8) is 0 Å². The number of hydrogen-bond acceptors (Lipinski definition) is 3. The number of aromatic nitrogens is 2. The second-order valence-corrected chi connectivity index (χ2v) is 7.21. The van der Waals surface area contributed by atoms with Gasteiger partial charge in [0.2, 0.25) is 0 Å². The number of nitrogens with zero attached hydrogens (tertiary/aromatic N) is 2. The van der Waals surface area contributed by atoms with Crippen molar-refractivity contribution in [2.75, 3.05) is 0 Å². The first-order chi connectivity index (χ1) is 11.8. The lowest BCUT2D eigenvalue weighted by molar-refractivity contribution is 1.10. The maximum absolute atomic E-state index is 13.0. The maximum Gasteiger partial charge on any atom is 0.350 e. The largest absolute Gasteiger partial charge is 0.350 e. The number of benzene rings is 3. The Labute approximate surface area is 148 Å². The Bertz CT molecular complexity index is 942. The van der Waals surface area contributed by atoms with E-state index in [1.165, 1.54) is 23.9 Å². The molecule has 4 aromatic rings. The fourth-order valence-corrected chi connectivity index (χ4v) is 4.30. The molecule has 0 amide bonds. The average Bonchev–Trinajstić information content (AvgIpc) is 2.90. The van der Waals surface area contributed by atoms with Gasteiger partial charge < -0.3 is 0 Å². The zero-order valence-electron chi connectivity index (χ0n) is 12.7. The molecule has 3 nitrogen and oxygen atoms in total. The highest BCUT2D eigenvalue weighted by atomic mass is 32.2. The molecule has 0 saturated carbocycles. The normalized spacial score (nSPS) is 11.0. The summed E-state index contributed by atoms with van der Waals surface area (Å²) in [6.07, 6.45) is 0. The molecule has 0 saturated heterocycles. The molecule has 0 aliphatic rings. The van der Waals surface area contributed by atoms with Crippen LogP contribution in [-0.4, -0.2) is 7.94 Å². The molecular weight excluding hydrogens is 336 g/mol. The van der Waals surface area contributed by atoms with Crippen LogP contribution in [0.2, 0.25) is 0 Å². The summed E-state index contributed by atoms with van der Waals surface area (Å²) in [4.78, 5) is 15.1. The monoisotopic (exact) mass is 350 g/mol. The molecule has 0 radical (unpaired) electrons. The van der Waals surface area contributed by atoms with Gasteiger partial charge in [-0.05, 0) is 60.3 Å². The van der Waals surface area contributed by atoms with Crippen LogP contribution in [0.3, 0.4) is 0 Å². The molecule has 5 heteroatoms. The third kappa shape index (κ3) is 2.88. The molecule has 0 atom stereocenters. The minimum absolute atomic E-state index is 0.0427. The summed E-state index contributed by atoms with van der Waals surface area (Å²) in [6, 6.07) is 27.8. The topological polar surface area (TPSA) is 26.9 Å². The SMILES string of the molecule is O=c1n(Sc2ccccc2)c2ccccc2n1Sc1ccccc1. The first-order valence-corrected chi connectivity index (χ1v) is 9.07. The van der Waals surface area contributed by atoms with E-state index in [0.717, 1.165) is 20.8 Å². The molecule has 0 aliphatic heterocycles. The molecule has 0 bridgehead atoms. The molecule has 24 heavy (non-hydrogen) atoms. The molecular formula is C19H14N2OS2. The maximum atomic E-state index is 13.0. The van der Waals surface area contributed by atoms with Crippen LogP contribution in [0.15, 0.2) is 99.5 Å². The van der Waals surface area contributed by atoms with E-state index in [0.29, 0.717) is 0 Å². The van der Waals surface area contributed by atoms with Gasteiger partial charge in [-0.3, -0.25) is 0 Å². The van der Waals surface area contributed by atoms with Crippen LogP contribution in [0.5, 0.6) is 0 Å². The summed E-state index contributed by atoms with van der Waals surface area (Å²) in [5.41, 5.74) is 1.79. The zero-order chi connectivity index (χ0) is 16.4. The van der Waals surface area contributed by atoms with Gasteiger partial charge in [0.1, 0.15) is 0 Å². The molecule has 1 heterocycles. The molecule has 1 aromatic heterocycles. The molecule has 0 N–H and O–H groups in total. The van der Waals surface area contributed by atoms with Crippen molar-refractivity contribution in [2.24, 2.45) is 0 Å². The Morgan fingerprint density at radius 2 is 0.917 bits per heavy atom. The molecule has 118 valence electrons. The lowest BCUT2D eigenvalue weighted by Gasteiger charge is -2.02. The quantitative estimate of drug-likeness (QED) is 0.523. The summed E-state index contributed by atoms with van der Waals surface area (Å²) in [5.74, 6) is 0. The van der Waals surface area contributed by atoms with Crippen LogP contribution >= 0.6 is 23.9 Å². The summed E-state index contributed by atoms with van der Waals surface area (Å²) < 4.78 is 3.50. The molecule has 0 unspecified atom stereocenters. The van der Waals surface area contributed by atoms with Crippen LogP contribution in [-0.2, 0) is 0 Å². The number of fused-ring (bicyclic) bond motifs is 1. The fourth-order valence-electron chi connectivity index (χ4n) is 2.45. The summed E-state index contributed by atoms with van der Waals surface area (Å²) in [5, 5.41) is 0. The van der Waals surface area contributed by atoms with E-state index in [1.807, 2.05) is 84.9 Å². The van der Waals surface area contributed by atoms with E-state index >= 15 is 0 Å². The highest BCUT2D eigenvalue weighted by molar-refractivity contribution is 7.98. The third-order valence-electron chi connectivity index (χ3n) is 3.55. The van der Waals surface area contributed by atoms with Crippen LogP contribution in [0, 0.1) is 0 Å². The van der Waals surface area contributed by atoms with Gasteiger partial charge in [-0.25, -0.2) is 12.7 Å². The van der Waals surface area contributed by atoms with Gasteiger partial charge in [0, 0.05) is 9.79 Å². The fraction of sp³-hybridized carbons (Fsp3) is 0. The van der Waals surface area contributed by atoms with E-state index in [4.69, 9.17) is 0 Å². The third-order valence-corrected chi connectivity index (χ3v) is 5.58. The Kier molecular flexibility index (Phi) is 4.19. The van der Waals surface area contributed by atoms with Gasteiger partial charge in [-0.15, -0.1) is 0 Å². The van der Waals surface area contributed by atoms with Crippen molar-refractivity contribution in [1.29, 1.82) is 0 Å². The predicted octanol–water partition coefficient (Wildman–Crippen LogP) is 4.91. The van der Waals surface area contributed by atoms with E-state index in [9.17, 15) is 4.79 Å². The lowest BCUT2D eigenvalue weighted by atomic mass is 10.3. The van der Waals surface area contributed by atoms with Crippen LogP contribution in [0.1, 0.15) is 0 Å². The molecule has 0 aliphatic carbocycles. The summed E-state index contributed by atoms with van der Waals surface area (Å²) in [7, 11) is 0. The van der Waals surface area contributed by atoms with Crippen molar-refractivity contribution in [1.82, 2.24) is 7.94 Å². The van der Waals surface area contributed by atoms with Gasteiger partial charge in [0.25, 0.3) is 0 Å². The Morgan fingerprint density at radius 3 is 1.33 bits per heavy atom. The Morgan fingerprint density at radius 1 is 0.542 bits per heavy atom. The second kappa shape index (κ2) is 6.63. The average molecular weight is 350 g/mol. The predicted molar refractivity (Wildman–Crippen MR) is 102 cm³/mol. The smallest absolute Gasteiger partial charge is 0.246 e.